The number of hydrogen-bond acceptors (Lipinski definition) is 4. The summed E-state index contributed by atoms with van der Waals surface area (Å²) in [6.07, 6.45) is 0. The maximum Gasteiger partial charge on any atom is 0.224 e. The van der Waals surface area contributed by atoms with Crippen molar-refractivity contribution in [2.75, 3.05) is 24.3 Å². The third kappa shape index (κ3) is 3.20. The molecule has 2 rings (SSSR count). The van der Waals surface area contributed by atoms with E-state index >= 15 is 0 Å². The fourth-order valence-electron chi connectivity index (χ4n) is 2.01. The van der Waals surface area contributed by atoms with Gasteiger partial charge in [-0.1, -0.05) is 23.7 Å². The van der Waals surface area contributed by atoms with Crippen molar-refractivity contribution in [3.05, 3.63) is 46.6 Å². The summed E-state index contributed by atoms with van der Waals surface area (Å²) in [4.78, 5) is 10.9. The van der Waals surface area contributed by atoms with Gasteiger partial charge in [0.1, 0.15) is 5.82 Å². The molecule has 0 saturated carbocycles. The van der Waals surface area contributed by atoms with Gasteiger partial charge in [-0.3, -0.25) is 0 Å². The minimum atomic E-state index is 0.200. The van der Waals surface area contributed by atoms with E-state index in [1.165, 1.54) is 5.56 Å². The van der Waals surface area contributed by atoms with Gasteiger partial charge in [0.05, 0.1) is 6.04 Å². The van der Waals surface area contributed by atoms with E-state index in [1.807, 2.05) is 51.4 Å². The second kappa shape index (κ2) is 6.09. The Bertz CT molecular complexity index is 583. The Morgan fingerprint density at radius 1 is 1.20 bits per heavy atom. The molecule has 0 bridgehead atoms. The molecule has 0 aliphatic heterocycles. The van der Waals surface area contributed by atoms with Gasteiger partial charge < -0.3 is 10.2 Å². The number of aryl methyl sites for hydroxylation is 1. The quantitative estimate of drug-likeness (QED) is 0.933. The second-order valence-corrected chi connectivity index (χ2v) is 5.22. The van der Waals surface area contributed by atoms with Crippen LogP contribution in [0.15, 0.2) is 30.3 Å². The minimum absolute atomic E-state index is 0.200. The predicted octanol–water partition coefficient (Wildman–Crippen LogP) is 3.68. The first kappa shape index (κ1) is 14.6. The maximum absolute atomic E-state index is 5.93. The molecule has 0 amide bonds. The Morgan fingerprint density at radius 3 is 2.45 bits per heavy atom. The van der Waals surface area contributed by atoms with Gasteiger partial charge in [0, 0.05) is 30.9 Å². The molecule has 1 heterocycles. The van der Waals surface area contributed by atoms with Crippen LogP contribution in [-0.4, -0.2) is 24.1 Å². The number of nitrogens with zero attached hydrogens (tertiary/aromatic N) is 3. The third-order valence-electron chi connectivity index (χ3n) is 3.36. The lowest BCUT2D eigenvalue weighted by Crippen LogP contribution is -2.23. The Labute approximate surface area is 124 Å². The van der Waals surface area contributed by atoms with Crippen LogP contribution in [0.2, 0.25) is 5.02 Å². The lowest BCUT2D eigenvalue weighted by molar-refractivity contribution is 0.727. The van der Waals surface area contributed by atoms with Crippen molar-refractivity contribution in [3.63, 3.8) is 0 Å². The molecule has 0 aliphatic rings. The number of aromatic nitrogens is 2. The lowest BCUT2D eigenvalue weighted by Gasteiger charge is -2.26. The average molecular weight is 291 g/mol. The molecule has 0 aliphatic carbocycles. The van der Waals surface area contributed by atoms with E-state index in [9.17, 15) is 0 Å². The molecule has 20 heavy (non-hydrogen) atoms. The SMILES string of the molecule is CNc1nc(C)cc(N(C)C(C)c2ccc(Cl)cc2)n1. The van der Waals surface area contributed by atoms with Gasteiger partial charge in [-0.2, -0.15) is 4.98 Å². The summed E-state index contributed by atoms with van der Waals surface area (Å²) < 4.78 is 0. The van der Waals surface area contributed by atoms with Crippen molar-refractivity contribution in [1.82, 2.24) is 9.97 Å². The zero-order chi connectivity index (χ0) is 14.7. The Hall–Kier alpha value is -1.81. The summed E-state index contributed by atoms with van der Waals surface area (Å²) >= 11 is 5.93. The van der Waals surface area contributed by atoms with Crippen molar-refractivity contribution in [1.29, 1.82) is 0 Å². The van der Waals surface area contributed by atoms with E-state index in [0.717, 1.165) is 16.5 Å². The minimum Gasteiger partial charge on any atom is -0.357 e. The summed E-state index contributed by atoms with van der Waals surface area (Å²) in [5.74, 6) is 1.53. The lowest BCUT2D eigenvalue weighted by atomic mass is 10.1. The van der Waals surface area contributed by atoms with Crippen LogP contribution in [0.5, 0.6) is 0 Å². The van der Waals surface area contributed by atoms with E-state index in [-0.39, 0.29) is 6.04 Å². The molecule has 1 aromatic carbocycles. The molecule has 106 valence electrons. The molecule has 1 N–H and O–H groups in total. The molecule has 0 saturated heterocycles. The van der Waals surface area contributed by atoms with Crippen molar-refractivity contribution in [2.24, 2.45) is 0 Å². The Morgan fingerprint density at radius 2 is 1.85 bits per heavy atom. The van der Waals surface area contributed by atoms with Crippen LogP contribution >= 0.6 is 11.6 Å². The van der Waals surface area contributed by atoms with Crippen LogP contribution < -0.4 is 10.2 Å². The summed E-state index contributed by atoms with van der Waals surface area (Å²) in [6, 6.07) is 10.1. The molecule has 0 radical (unpaired) electrons. The van der Waals surface area contributed by atoms with Crippen LogP contribution in [-0.2, 0) is 0 Å². The normalized spacial score (nSPS) is 12.1. The highest BCUT2D eigenvalue weighted by Crippen LogP contribution is 2.25. The van der Waals surface area contributed by atoms with E-state index in [1.54, 1.807) is 0 Å². The average Bonchev–Trinajstić information content (AvgIpc) is 2.45. The summed E-state index contributed by atoms with van der Waals surface area (Å²) in [5.41, 5.74) is 2.13. The van der Waals surface area contributed by atoms with E-state index in [0.29, 0.717) is 5.95 Å². The monoisotopic (exact) mass is 290 g/mol. The number of anilines is 2. The number of hydrogen-bond donors (Lipinski definition) is 1. The fraction of sp³-hybridized carbons (Fsp3) is 0.333. The van der Waals surface area contributed by atoms with Crippen molar-refractivity contribution in [3.8, 4) is 0 Å². The maximum atomic E-state index is 5.93. The van der Waals surface area contributed by atoms with Crippen LogP contribution in [0, 0.1) is 6.92 Å². The van der Waals surface area contributed by atoms with E-state index in [4.69, 9.17) is 11.6 Å². The van der Waals surface area contributed by atoms with Crippen LogP contribution in [0.1, 0.15) is 24.2 Å². The number of rotatable bonds is 4. The van der Waals surface area contributed by atoms with Gasteiger partial charge in [0.15, 0.2) is 0 Å². The topological polar surface area (TPSA) is 41.1 Å². The van der Waals surface area contributed by atoms with E-state index < -0.39 is 0 Å². The number of benzene rings is 1. The molecule has 2 aromatic rings. The van der Waals surface area contributed by atoms with E-state index in [2.05, 4.69) is 27.1 Å². The first-order valence-electron chi connectivity index (χ1n) is 6.53. The molecule has 0 spiro atoms. The Kier molecular flexibility index (Phi) is 4.45. The first-order chi connectivity index (χ1) is 9.51. The second-order valence-electron chi connectivity index (χ2n) is 4.78. The number of halogens is 1. The molecule has 1 unspecified atom stereocenters. The van der Waals surface area contributed by atoms with Gasteiger partial charge in [-0.15, -0.1) is 0 Å². The summed E-state index contributed by atoms with van der Waals surface area (Å²) in [7, 11) is 3.85. The summed E-state index contributed by atoms with van der Waals surface area (Å²) in [6.45, 7) is 4.10. The highest BCUT2D eigenvalue weighted by molar-refractivity contribution is 6.30. The molecule has 1 aromatic heterocycles. The van der Waals surface area contributed by atoms with Gasteiger partial charge in [0.2, 0.25) is 5.95 Å². The largest absolute Gasteiger partial charge is 0.357 e. The third-order valence-corrected chi connectivity index (χ3v) is 3.61. The predicted molar refractivity (Wildman–Crippen MR) is 84.6 cm³/mol. The van der Waals surface area contributed by atoms with Gasteiger partial charge in [0.25, 0.3) is 0 Å². The van der Waals surface area contributed by atoms with Gasteiger partial charge >= 0.3 is 0 Å². The highest BCUT2D eigenvalue weighted by atomic mass is 35.5. The highest BCUT2D eigenvalue weighted by Gasteiger charge is 2.14. The van der Waals surface area contributed by atoms with Crippen LogP contribution in [0.25, 0.3) is 0 Å². The summed E-state index contributed by atoms with van der Waals surface area (Å²) in [5, 5.41) is 3.73. The zero-order valence-corrected chi connectivity index (χ0v) is 12.9. The van der Waals surface area contributed by atoms with Crippen molar-refractivity contribution in [2.45, 2.75) is 19.9 Å². The van der Waals surface area contributed by atoms with Crippen molar-refractivity contribution < 1.29 is 0 Å². The molecular formula is C15H19ClN4. The van der Waals surface area contributed by atoms with Crippen LogP contribution in [0.4, 0.5) is 11.8 Å². The molecule has 5 heteroatoms. The van der Waals surface area contributed by atoms with Crippen molar-refractivity contribution >= 4 is 23.4 Å². The van der Waals surface area contributed by atoms with Gasteiger partial charge in [-0.25, -0.2) is 4.98 Å². The Balaban J connectivity index is 2.28. The first-order valence-corrected chi connectivity index (χ1v) is 6.91. The van der Waals surface area contributed by atoms with Gasteiger partial charge in [-0.05, 0) is 31.5 Å². The standard InChI is InChI=1S/C15H19ClN4/c1-10-9-14(19-15(17-3)18-10)20(4)11(2)12-5-7-13(16)8-6-12/h5-9,11H,1-4H3,(H,17,18,19). The molecule has 1 atom stereocenters. The molecule has 4 nitrogen and oxygen atoms in total. The fourth-order valence-corrected chi connectivity index (χ4v) is 2.13. The zero-order valence-electron chi connectivity index (χ0n) is 12.2. The molecular weight excluding hydrogens is 272 g/mol. The number of nitrogens with one attached hydrogen (secondary N) is 1. The smallest absolute Gasteiger partial charge is 0.224 e. The van der Waals surface area contributed by atoms with Crippen LogP contribution in [0.3, 0.4) is 0 Å². The molecule has 0 fully saturated rings.